The fraction of sp³-hybridized carbons (Fsp3) is 0.933. The Kier molecular flexibility index (Phi) is 4.85. The van der Waals surface area contributed by atoms with E-state index < -0.39 is 0 Å². The Morgan fingerprint density at radius 3 is 2.42 bits per heavy atom. The van der Waals surface area contributed by atoms with Crippen molar-refractivity contribution < 1.29 is 9.90 Å². The topological polar surface area (TPSA) is 66.6 Å². The highest BCUT2D eigenvalue weighted by Crippen LogP contribution is 2.31. The van der Waals surface area contributed by atoms with Gasteiger partial charge in [0.1, 0.15) is 0 Å². The number of piperidine rings is 1. The molecule has 2 fully saturated rings. The molecule has 2 aliphatic rings. The summed E-state index contributed by atoms with van der Waals surface area (Å²) in [5.74, 6) is 1.34. The molecule has 1 saturated heterocycles. The van der Waals surface area contributed by atoms with Crippen molar-refractivity contribution in [2.45, 2.75) is 58.1 Å². The standard InChI is InChI=1S/C15H28N2O2/c1-10-7-13(9-14(16)8-10)15(19)17-5-3-12(4-6-17)11(2)18/h10-14,18H,3-9,16H2,1-2H3. The number of amides is 1. The Hall–Kier alpha value is -0.610. The van der Waals surface area contributed by atoms with Crippen LogP contribution in [0.3, 0.4) is 0 Å². The number of carbonyl (C=O) groups is 1. The second kappa shape index (κ2) is 6.23. The van der Waals surface area contributed by atoms with Crippen LogP contribution in [0.2, 0.25) is 0 Å². The molecule has 4 nitrogen and oxygen atoms in total. The Labute approximate surface area is 116 Å². The van der Waals surface area contributed by atoms with Gasteiger partial charge in [0, 0.05) is 25.0 Å². The van der Waals surface area contributed by atoms with E-state index in [-0.39, 0.29) is 18.1 Å². The molecule has 19 heavy (non-hydrogen) atoms. The highest BCUT2D eigenvalue weighted by atomic mass is 16.3. The van der Waals surface area contributed by atoms with Crippen LogP contribution in [-0.2, 0) is 4.79 Å². The van der Waals surface area contributed by atoms with Crippen molar-refractivity contribution in [1.82, 2.24) is 4.90 Å². The largest absolute Gasteiger partial charge is 0.393 e. The van der Waals surface area contributed by atoms with Gasteiger partial charge in [0.2, 0.25) is 5.91 Å². The van der Waals surface area contributed by atoms with Gasteiger partial charge in [-0.2, -0.15) is 0 Å². The summed E-state index contributed by atoms with van der Waals surface area (Å²) in [4.78, 5) is 14.5. The van der Waals surface area contributed by atoms with Crippen LogP contribution in [0.5, 0.6) is 0 Å². The van der Waals surface area contributed by atoms with E-state index in [1.54, 1.807) is 0 Å². The van der Waals surface area contributed by atoms with Crippen LogP contribution < -0.4 is 5.73 Å². The lowest BCUT2D eigenvalue weighted by molar-refractivity contribution is -0.139. The van der Waals surface area contributed by atoms with Crippen molar-refractivity contribution in [2.75, 3.05) is 13.1 Å². The van der Waals surface area contributed by atoms with Crippen LogP contribution in [0, 0.1) is 17.8 Å². The summed E-state index contributed by atoms with van der Waals surface area (Å²) in [5, 5.41) is 9.60. The normalized spacial score (nSPS) is 35.2. The fourth-order valence-electron chi connectivity index (χ4n) is 3.72. The second-order valence-electron chi connectivity index (χ2n) is 6.67. The summed E-state index contributed by atoms with van der Waals surface area (Å²) in [5.41, 5.74) is 6.04. The molecule has 0 spiro atoms. The Morgan fingerprint density at radius 1 is 1.26 bits per heavy atom. The Balaban J connectivity index is 1.87. The maximum absolute atomic E-state index is 12.5. The maximum Gasteiger partial charge on any atom is 0.225 e. The lowest BCUT2D eigenvalue weighted by atomic mass is 9.78. The van der Waals surface area contributed by atoms with Gasteiger partial charge in [0.15, 0.2) is 0 Å². The Bertz CT molecular complexity index is 301. The summed E-state index contributed by atoms with van der Waals surface area (Å²) in [6, 6.07) is 0.188. The molecule has 2 rings (SSSR count). The smallest absolute Gasteiger partial charge is 0.225 e. The Morgan fingerprint density at radius 2 is 1.89 bits per heavy atom. The zero-order valence-corrected chi connectivity index (χ0v) is 12.2. The number of hydrogen-bond acceptors (Lipinski definition) is 3. The molecule has 1 saturated carbocycles. The number of carbonyl (C=O) groups excluding carboxylic acids is 1. The minimum atomic E-state index is -0.250. The lowest BCUT2D eigenvalue weighted by Gasteiger charge is -2.38. The number of hydrogen-bond donors (Lipinski definition) is 2. The lowest BCUT2D eigenvalue weighted by Crippen LogP contribution is -2.46. The average Bonchev–Trinajstić information content (AvgIpc) is 2.37. The van der Waals surface area contributed by atoms with E-state index in [9.17, 15) is 9.90 Å². The van der Waals surface area contributed by atoms with Crippen LogP contribution in [0.25, 0.3) is 0 Å². The van der Waals surface area contributed by atoms with Gasteiger partial charge in [-0.3, -0.25) is 4.79 Å². The molecule has 4 heteroatoms. The van der Waals surface area contributed by atoms with Crippen LogP contribution in [0.15, 0.2) is 0 Å². The molecule has 0 aromatic carbocycles. The number of nitrogens with zero attached hydrogens (tertiary/aromatic N) is 1. The number of aliphatic hydroxyl groups excluding tert-OH is 1. The van der Waals surface area contributed by atoms with Crippen LogP contribution in [-0.4, -0.2) is 41.1 Å². The van der Waals surface area contributed by atoms with E-state index in [4.69, 9.17) is 5.73 Å². The number of rotatable bonds is 2. The third kappa shape index (κ3) is 3.69. The van der Waals surface area contributed by atoms with Gasteiger partial charge in [-0.1, -0.05) is 6.92 Å². The number of aliphatic hydroxyl groups is 1. The summed E-state index contributed by atoms with van der Waals surface area (Å²) < 4.78 is 0. The van der Waals surface area contributed by atoms with Crippen LogP contribution in [0.4, 0.5) is 0 Å². The van der Waals surface area contributed by atoms with Gasteiger partial charge >= 0.3 is 0 Å². The predicted octanol–water partition coefficient (Wildman–Crippen LogP) is 1.37. The second-order valence-corrected chi connectivity index (χ2v) is 6.67. The minimum Gasteiger partial charge on any atom is -0.393 e. The first kappa shape index (κ1) is 14.8. The van der Waals surface area contributed by atoms with E-state index in [2.05, 4.69) is 6.92 Å². The zero-order valence-electron chi connectivity index (χ0n) is 12.2. The molecule has 1 heterocycles. The predicted molar refractivity (Wildman–Crippen MR) is 75.5 cm³/mol. The first-order chi connectivity index (χ1) is 8.97. The first-order valence-corrected chi connectivity index (χ1v) is 7.69. The third-order valence-electron chi connectivity index (χ3n) is 4.86. The minimum absolute atomic E-state index is 0.127. The van der Waals surface area contributed by atoms with Gasteiger partial charge in [-0.15, -0.1) is 0 Å². The van der Waals surface area contributed by atoms with E-state index in [1.165, 1.54) is 0 Å². The quantitative estimate of drug-likeness (QED) is 0.795. The zero-order chi connectivity index (χ0) is 14.0. The summed E-state index contributed by atoms with van der Waals surface area (Å²) in [7, 11) is 0. The van der Waals surface area contributed by atoms with Crippen molar-refractivity contribution >= 4 is 5.91 Å². The summed E-state index contributed by atoms with van der Waals surface area (Å²) in [6.07, 6.45) is 4.49. The van der Waals surface area contributed by atoms with E-state index >= 15 is 0 Å². The number of likely N-dealkylation sites (tertiary alicyclic amines) is 1. The molecule has 0 radical (unpaired) electrons. The molecule has 3 N–H and O–H groups in total. The van der Waals surface area contributed by atoms with E-state index in [0.717, 1.165) is 45.2 Å². The molecular formula is C15H28N2O2. The first-order valence-electron chi connectivity index (χ1n) is 7.69. The molecule has 0 bridgehead atoms. The van der Waals surface area contributed by atoms with Crippen molar-refractivity contribution in [3.63, 3.8) is 0 Å². The molecule has 4 unspecified atom stereocenters. The molecule has 1 aliphatic carbocycles. The molecule has 0 aromatic heterocycles. The van der Waals surface area contributed by atoms with Gasteiger partial charge in [-0.05, 0) is 50.9 Å². The fourth-order valence-corrected chi connectivity index (χ4v) is 3.72. The van der Waals surface area contributed by atoms with Crippen molar-refractivity contribution in [2.24, 2.45) is 23.5 Å². The molecular weight excluding hydrogens is 240 g/mol. The molecule has 110 valence electrons. The third-order valence-corrected chi connectivity index (χ3v) is 4.86. The van der Waals surface area contributed by atoms with E-state index in [1.807, 2.05) is 11.8 Å². The molecule has 1 aliphatic heterocycles. The highest BCUT2D eigenvalue weighted by Gasteiger charge is 2.34. The van der Waals surface area contributed by atoms with Gasteiger partial charge < -0.3 is 15.7 Å². The summed E-state index contributed by atoms with van der Waals surface area (Å²) in [6.45, 7) is 5.64. The SMILES string of the molecule is CC1CC(N)CC(C(=O)N2CCC(C(C)O)CC2)C1. The molecule has 0 aromatic rings. The monoisotopic (exact) mass is 268 g/mol. The molecule has 1 amide bonds. The maximum atomic E-state index is 12.5. The van der Waals surface area contributed by atoms with Gasteiger partial charge in [0.25, 0.3) is 0 Å². The summed E-state index contributed by atoms with van der Waals surface area (Å²) >= 11 is 0. The van der Waals surface area contributed by atoms with Crippen LogP contribution in [0.1, 0.15) is 46.0 Å². The molecule has 4 atom stereocenters. The highest BCUT2D eigenvalue weighted by molar-refractivity contribution is 5.79. The van der Waals surface area contributed by atoms with Crippen LogP contribution >= 0.6 is 0 Å². The number of nitrogens with two attached hydrogens (primary N) is 1. The van der Waals surface area contributed by atoms with Crippen molar-refractivity contribution in [3.05, 3.63) is 0 Å². The van der Waals surface area contributed by atoms with Crippen molar-refractivity contribution in [3.8, 4) is 0 Å². The van der Waals surface area contributed by atoms with E-state index in [0.29, 0.717) is 17.7 Å². The van der Waals surface area contributed by atoms with Crippen molar-refractivity contribution in [1.29, 1.82) is 0 Å². The van der Waals surface area contributed by atoms with Gasteiger partial charge in [0.05, 0.1) is 6.10 Å². The average molecular weight is 268 g/mol. The van der Waals surface area contributed by atoms with Gasteiger partial charge in [-0.25, -0.2) is 0 Å².